The first-order valence-electron chi connectivity index (χ1n) is 7.85. The Hall–Kier alpha value is -0.880. The molecule has 0 saturated heterocycles. The SMILES string of the molecule is CCc1ncnc(NCCCCCCCCS(C)(=O)=O)c1Cl. The molecule has 0 aliphatic carbocycles. The highest BCUT2D eigenvalue weighted by molar-refractivity contribution is 7.90. The molecule has 0 saturated carbocycles. The fourth-order valence-corrected chi connectivity index (χ4v) is 3.21. The minimum Gasteiger partial charge on any atom is -0.369 e. The summed E-state index contributed by atoms with van der Waals surface area (Å²) in [5.74, 6) is 1.02. The summed E-state index contributed by atoms with van der Waals surface area (Å²) in [6.45, 7) is 2.85. The second-order valence-corrected chi connectivity index (χ2v) is 8.15. The lowest BCUT2D eigenvalue weighted by molar-refractivity contribution is 0.587. The molecule has 1 heterocycles. The van der Waals surface area contributed by atoms with E-state index in [1.54, 1.807) is 0 Å². The Kier molecular flexibility index (Phi) is 8.71. The third-order valence-electron chi connectivity index (χ3n) is 3.43. The molecule has 1 rings (SSSR count). The van der Waals surface area contributed by atoms with Crippen molar-refractivity contribution in [1.82, 2.24) is 9.97 Å². The number of rotatable bonds is 11. The standard InChI is InChI=1S/C15H26ClN3O2S/c1-3-13-14(16)15(19-12-18-13)17-10-8-6-4-5-7-9-11-22(2,20)21/h12H,3-11H2,1-2H3,(H,17,18,19). The van der Waals surface area contributed by atoms with Crippen LogP contribution in [0.15, 0.2) is 6.33 Å². The van der Waals surface area contributed by atoms with Crippen molar-refractivity contribution in [3.63, 3.8) is 0 Å². The van der Waals surface area contributed by atoms with Gasteiger partial charge < -0.3 is 5.32 Å². The van der Waals surface area contributed by atoms with Crippen molar-refractivity contribution in [3.8, 4) is 0 Å². The predicted octanol–water partition coefficient (Wildman–Crippen LogP) is 3.49. The number of unbranched alkanes of at least 4 members (excludes halogenated alkanes) is 5. The summed E-state index contributed by atoms with van der Waals surface area (Å²) in [6.07, 6.45) is 9.76. The first-order valence-corrected chi connectivity index (χ1v) is 10.3. The maximum absolute atomic E-state index is 11.0. The van der Waals surface area contributed by atoms with Gasteiger partial charge in [-0.05, 0) is 19.3 Å². The van der Waals surface area contributed by atoms with Gasteiger partial charge in [0.25, 0.3) is 0 Å². The molecule has 0 atom stereocenters. The average Bonchev–Trinajstić information content (AvgIpc) is 2.46. The van der Waals surface area contributed by atoms with Crippen molar-refractivity contribution >= 4 is 27.3 Å². The minimum atomic E-state index is -2.80. The van der Waals surface area contributed by atoms with Crippen LogP contribution in [0.5, 0.6) is 0 Å². The van der Waals surface area contributed by atoms with E-state index in [2.05, 4.69) is 15.3 Å². The molecule has 22 heavy (non-hydrogen) atoms. The maximum Gasteiger partial charge on any atom is 0.148 e. The zero-order valence-corrected chi connectivity index (χ0v) is 15.0. The molecule has 0 aromatic carbocycles. The van der Waals surface area contributed by atoms with E-state index < -0.39 is 9.84 Å². The van der Waals surface area contributed by atoms with Gasteiger partial charge in [0.05, 0.1) is 5.69 Å². The molecule has 1 aromatic rings. The average molecular weight is 348 g/mol. The molecule has 0 radical (unpaired) electrons. The zero-order valence-electron chi connectivity index (χ0n) is 13.4. The number of hydrogen-bond acceptors (Lipinski definition) is 5. The third-order valence-corrected chi connectivity index (χ3v) is 4.86. The second-order valence-electron chi connectivity index (χ2n) is 5.51. The van der Waals surface area contributed by atoms with E-state index in [4.69, 9.17) is 11.6 Å². The number of aryl methyl sites for hydroxylation is 1. The third kappa shape index (κ3) is 7.94. The topological polar surface area (TPSA) is 72.0 Å². The Morgan fingerprint density at radius 2 is 1.73 bits per heavy atom. The van der Waals surface area contributed by atoms with Crippen LogP contribution in [0.4, 0.5) is 5.82 Å². The molecular weight excluding hydrogens is 322 g/mol. The van der Waals surface area contributed by atoms with Crippen LogP contribution in [0.2, 0.25) is 5.02 Å². The van der Waals surface area contributed by atoms with Crippen molar-refractivity contribution in [1.29, 1.82) is 0 Å². The van der Waals surface area contributed by atoms with E-state index in [0.717, 1.165) is 57.2 Å². The van der Waals surface area contributed by atoms with E-state index in [-0.39, 0.29) is 0 Å². The summed E-state index contributed by atoms with van der Waals surface area (Å²) >= 11 is 6.21. The van der Waals surface area contributed by atoms with Gasteiger partial charge in [-0.3, -0.25) is 0 Å². The Labute approximate surface area is 138 Å². The summed E-state index contributed by atoms with van der Waals surface area (Å²) in [7, 11) is -2.80. The van der Waals surface area contributed by atoms with Crippen molar-refractivity contribution in [2.24, 2.45) is 0 Å². The summed E-state index contributed by atoms with van der Waals surface area (Å²) in [5, 5.41) is 3.86. The molecule has 1 aromatic heterocycles. The smallest absolute Gasteiger partial charge is 0.148 e. The lowest BCUT2D eigenvalue weighted by atomic mass is 10.1. The number of sulfone groups is 1. The first kappa shape index (κ1) is 19.2. The first-order chi connectivity index (χ1) is 10.4. The highest BCUT2D eigenvalue weighted by atomic mass is 35.5. The number of anilines is 1. The van der Waals surface area contributed by atoms with Gasteiger partial charge in [0, 0.05) is 18.6 Å². The largest absolute Gasteiger partial charge is 0.369 e. The lowest BCUT2D eigenvalue weighted by Gasteiger charge is -2.09. The van der Waals surface area contributed by atoms with Crippen LogP contribution < -0.4 is 5.32 Å². The molecular formula is C15H26ClN3O2S. The van der Waals surface area contributed by atoms with Crippen LogP contribution >= 0.6 is 11.6 Å². The Bertz CT molecular complexity index is 550. The van der Waals surface area contributed by atoms with Gasteiger partial charge in [-0.25, -0.2) is 18.4 Å². The van der Waals surface area contributed by atoms with Crippen LogP contribution in [0.1, 0.15) is 51.1 Å². The van der Waals surface area contributed by atoms with E-state index in [0.29, 0.717) is 16.6 Å². The molecule has 0 spiro atoms. The van der Waals surface area contributed by atoms with Gasteiger partial charge in [-0.2, -0.15) is 0 Å². The second kappa shape index (κ2) is 10.0. The number of halogens is 1. The van der Waals surface area contributed by atoms with Gasteiger partial charge in [-0.1, -0.05) is 44.2 Å². The summed E-state index contributed by atoms with van der Waals surface area (Å²) in [4.78, 5) is 8.29. The fraction of sp³-hybridized carbons (Fsp3) is 0.733. The molecule has 0 aliphatic rings. The number of nitrogens with zero attached hydrogens (tertiary/aromatic N) is 2. The van der Waals surface area contributed by atoms with Gasteiger partial charge in [0.2, 0.25) is 0 Å². The van der Waals surface area contributed by atoms with Crippen molar-refractivity contribution in [2.75, 3.05) is 23.9 Å². The molecule has 126 valence electrons. The predicted molar refractivity (Wildman–Crippen MR) is 92.3 cm³/mol. The fourth-order valence-electron chi connectivity index (χ4n) is 2.18. The summed E-state index contributed by atoms with van der Waals surface area (Å²) in [6, 6.07) is 0. The molecule has 1 N–H and O–H groups in total. The lowest BCUT2D eigenvalue weighted by Crippen LogP contribution is -2.06. The van der Waals surface area contributed by atoms with Crippen LogP contribution in [0, 0.1) is 0 Å². The molecule has 7 heteroatoms. The monoisotopic (exact) mass is 347 g/mol. The minimum absolute atomic E-state index is 0.306. The summed E-state index contributed by atoms with van der Waals surface area (Å²) in [5.41, 5.74) is 0.866. The highest BCUT2D eigenvalue weighted by Crippen LogP contribution is 2.22. The molecule has 0 amide bonds. The van der Waals surface area contributed by atoms with Crippen molar-refractivity contribution < 1.29 is 8.42 Å². The maximum atomic E-state index is 11.0. The number of aromatic nitrogens is 2. The Morgan fingerprint density at radius 3 is 2.36 bits per heavy atom. The van der Waals surface area contributed by atoms with Gasteiger partial charge in [-0.15, -0.1) is 0 Å². The van der Waals surface area contributed by atoms with E-state index >= 15 is 0 Å². The van der Waals surface area contributed by atoms with Crippen LogP contribution in [-0.4, -0.2) is 36.9 Å². The van der Waals surface area contributed by atoms with E-state index in [9.17, 15) is 8.42 Å². The quantitative estimate of drug-likeness (QED) is 0.620. The normalized spacial score (nSPS) is 11.6. The number of hydrogen-bond donors (Lipinski definition) is 1. The molecule has 0 bridgehead atoms. The van der Waals surface area contributed by atoms with Crippen LogP contribution in [-0.2, 0) is 16.3 Å². The van der Waals surface area contributed by atoms with Crippen LogP contribution in [0.25, 0.3) is 0 Å². The molecule has 0 aliphatic heterocycles. The molecule has 0 fully saturated rings. The van der Waals surface area contributed by atoms with Gasteiger partial charge in [0.1, 0.15) is 27.0 Å². The summed E-state index contributed by atoms with van der Waals surface area (Å²) < 4.78 is 22.0. The number of nitrogens with one attached hydrogen (secondary N) is 1. The van der Waals surface area contributed by atoms with E-state index in [1.807, 2.05) is 6.92 Å². The van der Waals surface area contributed by atoms with Crippen molar-refractivity contribution in [3.05, 3.63) is 17.0 Å². The Balaban J connectivity index is 2.09. The zero-order chi connectivity index (χ0) is 16.4. The van der Waals surface area contributed by atoms with Crippen LogP contribution in [0.3, 0.4) is 0 Å². The Morgan fingerprint density at radius 1 is 1.09 bits per heavy atom. The molecule has 0 unspecified atom stereocenters. The molecule has 5 nitrogen and oxygen atoms in total. The highest BCUT2D eigenvalue weighted by Gasteiger charge is 2.06. The van der Waals surface area contributed by atoms with Gasteiger partial charge in [0.15, 0.2) is 0 Å². The van der Waals surface area contributed by atoms with E-state index in [1.165, 1.54) is 12.6 Å². The van der Waals surface area contributed by atoms with Gasteiger partial charge >= 0.3 is 0 Å². The van der Waals surface area contributed by atoms with Crippen molar-refractivity contribution in [2.45, 2.75) is 51.9 Å².